The summed E-state index contributed by atoms with van der Waals surface area (Å²) < 4.78 is 17.8. The molecule has 0 bridgehead atoms. The fourth-order valence-corrected chi connectivity index (χ4v) is 1.96. The van der Waals surface area contributed by atoms with Crippen LogP contribution in [0.3, 0.4) is 0 Å². The summed E-state index contributed by atoms with van der Waals surface area (Å²) in [5.41, 5.74) is 1.01. The minimum absolute atomic E-state index is 0.157. The molecule has 0 spiro atoms. The molecule has 2 aromatic rings. The van der Waals surface area contributed by atoms with Crippen LogP contribution >= 0.6 is 11.3 Å². The minimum atomic E-state index is -0.157. The maximum absolute atomic E-state index is 12.8. The van der Waals surface area contributed by atoms with Crippen LogP contribution in [0.15, 0.2) is 36.4 Å². The lowest BCUT2D eigenvalue weighted by atomic mass is 10.2. The van der Waals surface area contributed by atoms with Crippen molar-refractivity contribution in [3.05, 3.63) is 41.5 Å². The van der Waals surface area contributed by atoms with Gasteiger partial charge in [-0.15, -0.1) is 11.3 Å². The summed E-state index contributed by atoms with van der Waals surface area (Å²) in [6, 6.07) is 10.8. The van der Waals surface area contributed by atoms with E-state index in [9.17, 15) is 4.39 Å². The molecule has 0 unspecified atom stereocenters. The van der Waals surface area contributed by atoms with E-state index in [4.69, 9.17) is 4.74 Å². The number of benzene rings is 1. The lowest BCUT2D eigenvalue weighted by Crippen LogP contribution is -1.81. The van der Waals surface area contributed by atoms with Crippen molar-refractivity contribution in [2.24, 2.45) is 0 Å². The summed E-state index contributed by atoms with van der Waals surface area (Å²) in [7, 11) is 1.62. The Bertz CT molecular complexity index is 419. The quantitative estimate of drug-likeness (QED) is 0.733. The van der Waals surface area contributed by atoms with Crippen molar-refractivity contribution in [3.8, 4) is 16.2 Å². The van der Waals surface area contributed by atoms with Crippen molar-refractivity contribution < 1.29 is 9.13 Å². The van der Waals surface area contributed by atoms with Gasteiger partial charge in [0.05, 0.1) is 7.11 Å². The van der Waals surface area contributed by atoms with Gasteiger partial charge in [0.15, 0.2) is 5.13 Å². The number of halogens is 1. The van der Waals surface area contributed by atoms with E-state index in [1.54, 1.807) is 13.2 Å². The molecule has 0 aliphatic carbocycles. The zero-order chi connectivity index (χ0) is 9.97. The molecule has 0 N–H and O–H groups in total. The van der Waals surface area contributed by atoms with Crippen LogP contribution in [0.1, 0.15) is 0 Å². The number of methoxy groups -OCH3 is 1. The second-order valence-corrected chi connectivity index (χ2v) is 3.87. The highest BCUT2D eigenvalue weighted by molar-refractivity contribution is 7.13. The molecule has 0 amide bonds. The Hall–Kier alpha value is -1.35. The predicted octanol–water partition coefficient (Wildman–Crippen LogP) is 3.56. The van der Waals surface area contributed by atoms with E-state index in [1.807, 2.05) is 24.3 Å². The molecule has 0 aliphatic heterocycles. The molecule has 14 heavy (non-hydrogen) atoms. The molecule has 0 radical (unpaired) electrons. The van der Waals surface area contributed by atoms with Crippen LogP contribution in [-0.4, -0.2) is 7.11 Å². The van der Waals surface area contributed by atoms with Gasteiger partial charge in [-0.3, -0.25) is 0 Å². The van der Waals surface area contributed by atoms with E-state index in [-0.39, 0.29) is 5.13 Å². The third-order valence-electron chi connectivity index (χ3n) is 1.95. The van der Waals surface area contributed by atoms with Crippen molar-refractivity contribution in [1.29, 1.82) is 0 Å². The maximum atomic E-state index is 12.8. The molecule has 0 saturated carbocycles. The molecule has 1 nitrogen and oxygen atoms in total. The van der Waals surface area contributed by atoms with Crippen molar-refractivity contribution >= 4 is 11.3 Å². The van der Waals surface area contributed by atoms with Gasteiger partial charge >= 0.3 is 0 Å². The molecule has 0 saturated heterocycles. The standard InChI is InChI=1S/C11H9FOS/c1-13-9-4-2-8(3-5-9)10-6-7-11(12)14-10/h2-7H,1H3. The highest BCUT2D eigenvalue weighted by Gasteiger charge is 2.01. The van der Waals surface area contributed by atoms with Crippen LogP contribution in [0.25, 0.3) is 10.4 Å². The number of hydrogen-bond donors (Lipinski definition) is 0. The van der Waals surface area contributed by atoms with Crippen molar-refractivity contribution in [2.45, 2.75) is 0 Å². The SMILES string of the molecule is COc1ccc(-c2ccc(F)s2)cc1. The molecule has 1 aromatic carbocycles. The number of thiophene rings is 1. The van der Waals surface area contributed by atoms with Crippen molar-refractivity contribution in [1.82, 2.24) is 0 Å². The lowest BCUT2D eigenvalue weighted by molar-refractivity contribution is 0.415. The first-order valence-electron chi connectivity index (χ1n) is 4.19. The first kappa shape index (κ1) is 9.21. The Morgan fingerprint density at radius 1 is 1.07 bits per heavy atom. The highest BCUT2D eigenvalue weighted by atomic mass is 32.1. The third-order valence-corrected chi connectivity index (χ3v) is 2.87. The Balaban J connectivity index is 2.33. The zero-order valence-electron chi connectivity index (χ0n) is 7.66. The second-order valence-electron chi connectivity index (χ2n) is 2.83. The first-order chi connectivity index (χ1) is 6.79. The summed E-state index contributed by atoms with van der Waals surface area (Å²) in [6.07, 6.45) is 0. The summed E-state index contributed by atoms with van der Waals surface area (Å²) in [6.45, 7) is 0. The molecular weight excluding hydrogens is 199 g/mol. The van der Waals surface area contributed by atoms with Gasteiger partial charge in [0.25, 0.3) is 0 Å². The first-order valence-corrected chi connectivity index (χ1v) is 5.01. The number of rotatable bonds is 2. The van der Waals surface area contributed by atoms with Crippen LogP contribution in [-0.2, 0) is 0 Å². The minimum Gasteiger partial charge on any atom is -0.497 e. The van der Waals surface area contributed by atoms with E-state index in [0.717, 1.165) is 27.5 Å². The smallest absolute Gasteiger partial charge is 0.176 e. The second kappa shape index (κ2) is 3.80. The summed E-state index contributed by atoms with van der Waals surface area (Å²) in [5.74, 6) is 0.811. The fourth-order valence-electron chi connectivity index (χ4n) is 1.22. The molecular formula is C11H9FOS. The Labute approximate surface area is 85.8 Å². The molecule has 0 fully saturated rings. The molecule has 3 heteroatoms. The van der Waals surface area contributed by atoms with Crippen molar-refractivity contribution in [2.75, 3.05) is 7.11 Å². The molecule has 2 rings (SSSR count). The van der Waals surface area contributed by atoms with Crippen LogP contribution in [0.5, 0.6) is 5.75 Å². The summed E-state index contributed by atoms with van der Waals surface area (Å²) >= 11 is 1.15. The lowest BCUT2D eigenvalue weighted by Gasteiger charge is -2.00. The molecule has 1 heterocycles. The van der Waals surface area contributed by atoms with Gasteiger partial charge in [-0.05, 0) is 42.0 Å². The predicted molar refractivity (Wildman–Crippen MR) is 56.3 cm³/mol. The molecule has 0 atom stereocenters. The van der Waals surface area contributed by atoms with E-state index in [2.05, 4.69) is 0 Å². The highest BCUT2D eigenvalue weighted by Crippen LogP contribution is 2.28. The van der Waals surface area contributed by atoms with Crippen LogP contribution in [0, 0.1) is 5.13 Å². The van der Waals surface area contributed by atoms with Crippen molar-refractivity contribution in [3.63, 3.8) is 0 Å². The zero-order valence-corrected chi connectivity index (χ0v) is 8.48. The van der Waals surface area contributed by atoms with Gasteiger partial charge in [0.1, 0.15) is 5.75 Å². The van der Waals surface area contributed by atoms with Gasteiger partial charge in [-0.2, -0.15) is 4.39 Å². The van der Waals surface area contributed by atoms with Gasteiger partial charge in [-0.25, -0.2) is 0 Å². The Morgan fingerprint density at radius 3 is 2.29 bits per heavy atom. The average Bonchev–Trinajstić information content (AvgIpc) is 2.65. The molecule has 0 aliphatic rings. The number of hydrogen-bond acceptors (Lipinski definition) is 2. The fraction of sp³-hybridized carbons (Fsp3) is 0.0909. The monoisotopic (exact) mass is 208 g/mol. The van der Waals surface area contributed by atoms with Gasteiger partial charge in [-0.1, -0.05) is 0 Å². The average molecular weight is 208 g/mol. The molecule has 1 aromatic heterocycles. The van der Waals surface area contributed by atoms with Crippen LogP contribution < -0.4 is 4.74 Å². The summed E-state index contributed by atoms with van der Waals surface area (Å²) in [4.78, 5) is 0.935. The van der Waals surface area contributed by atoms with E-state index in [0.29, 0.717) is 0 Å². The normalized spacial score (nSPS) is 10.1. The van der Waals surface area contributed by atoms with E-state index < -0.39 is 0 Å². The largest absolute Gasteiger partial charge is 0.497 e. The van der Waals surface area contributed by atoms with E-state index in [1.165, 1.54) is 6.07 Å². The summed E-state index contributed by atoms with van der Waals surface area (Å²) in [5, 5.41) is -0.157. The molecule has 72 valence electrons. The Kier molecular flexibility index (Phi) is 2.50. The van der Waals surface area contributed by atoms with Crippen LogP contribution in [0.4, 0.5) is 4.39 Å². The number of ether oxygens (including phenoxy) is 1. The van der Waals surface area contributed by atoms with Crippen LogP contribution in [0.2, 0.25) is 0 Å². The Morgan fingerprint density at radius 2 is 1.79 bits per heavy atom. The maximum Gasteiger partial charge on any atom is 0.176 e. The van der Waals surface area contributed by atoms with Gasteiger partial charge in [0.2, 0.25) is 0 Å². The topological polar surface area (TPSA) is 9.23 Å². The third kappa shape index (κ3) is 1.77. The van der Waals surface area contributed by atoms with E-state index >= 15 is 0 Å². The van der Waals surface area contributed by atoms with Gasteiger partial charge < -0.3 is 4.74 Å². The van der Waals surface area contributed by atoms with Gasteiger partial charge in [0, 0.05) is 4.88 Å².